The van der Waals surface area contributed by atoms with E-state index in [0.717, 1.165) is 50.7 Å². The van der Waals surface area contributed by atoms with Crippen LogP contribution in [-0.4, -0.2) is 74.6 Å². The molecule has 6 nitrogen and oxygen atoms in total. The molecule has 2 aromatic rings. The minimum absolute atomic E-state index is 0. The number of ether oxygens (including phenoxy) is 2. The Hall–Kier alpha value is -1.70. The summed E-state index contributed by atoms with van der Waals surface area (Å²) in [6.07, 6.45) is 4.28. The third kappa shape index (κ3) is 12.5. The van der Waals surface area contributed by atoms with Crippen molar-refractivity contribution < 1.29 is 14.6 Å². The second kappa shape index (κ2) is 18.5. The summed E-state index contributed by atoms with van der Waals surface area (Å²) in [5, 5.41) is 13.1. The first-order valence-corrected chi connectivity index (χ1v) is 12.9. The molecular formula is C28H45Cl2N3O3. The average Bonchev–Trinajstić information content (AvgIpc) is 2.87. The average molecular weight is 543 g/mol. The van der Waals surface area contributed by atoms with Gasteiger partial charge >= 0.3 is 0 Å². The van der Waals surface area contributed by atoms with Crippen LogP contribution in [0, 0.1) is 0 Å². The molecule has 3 rings (SSSR count). The fourth-order valence-electron chi connectivity index (χ4n) is 4.10. The van der Waals surface area contributed by atoms with Gasteiger partial charge in [0.25, 0.3) is 0 Å². The number of rotatable bonds is 15. The molecule has 0 saturated carbocycles. The van der Waals surface area contributed by atoms with E-state index in [1.54, 1.807) is 0 Å². The summed E-state index contributed by atoms with van der Waals surface area (Å²) < 4.78 is 11.5. The van der Waals surface area contributed by atoms with Gasteiger partial charge in [0.15, 0.2) is 0 Å². The molecule has 8 heteroatoms. The summed E-state index contributed by atoms with van der Waals surface area (Å²) in [4.78, 5) is 5.08. The van der Waals surface area contributed by atoms with E-state index >= 15 is 0 Å². The van der Waals surface area contributed by atoms with Gasteiger partial charge in [-0.15, -0.1) is 24.8 Å². The number of halogens is 2. The molecule has 0 aromatic heterocycles. The van der Waals surface area contributed by atoms with Gasteiger partial charge in [0.2, 0.25) is 0 Å². The number of nitrogens with zero attached hydrogens (tertiary/aromatic N) is 2. The Bertz CT molecular complexity index is 788. The Morgan fingerprint density at radius 2 is 1.42 bits per heavy atom. The van der Waals surface area contributed by atoms with E-state index in [0.29, 0.717) is 12.6 Å². The number of aliphatic hydroxyl groups is 1. The van der Waals surface area contributed by atoms with Gasteiger partial charge in [0, 0.05) is 44.5 Å². The minimum atomic E-state index is -0.516. The number of hydrogen-bond donors (Lipinski definition) is 2. The fraction of sp³-hybridized carbons (Fsp3) is 0.571. The van der Waals surface area contributed by atoms with Crippen LogP contribution < -0.4 is 19.7 Å². The summed E-state index contributed by atoms with van der Waals surface area (Å²) >= 11 is 0. The highest BCUT2D eigenvalue weighted by atomic mass is 35.5. The molecule has 1 fully saturated rings. The molecular weight excluding hydrogens is 497 g/mol. The lowest BCUT2D eigenvalue weighted by Crippen LogP contribution is -2.46. The van der Waals surface area contributed by atoms with Gasteiger partial charge in [-0.05, 0) is 55.8 Å². The molecule has 1 atom stereocenters. The molecule has 0 amide bonds. The van der Waals surface area contributed by atoms with Crippen LogP contribution in [-0.2, 0) is 0 Å². The number of anilines is 1. The smallest absolute Gasteiger partial charge is 0.119 e. The first-order valence-electron chi connectivity index (χ1n) is 12.9. The van der Waals surface area contributed by atoms with Crippen molar-refractivity contribution in [1.82, 2.24) is 10.2 Å². The van der Waals surface area contributed by atoms with Crippen molar-refractivity contribution in [1.29, 1.82) is 0 Å². The zero-order valence-corrected chi connectivity index (χ0v) is 23.4. The topological polar surface area (TPSA) is 57.2 Å². The van der Waals surface area contributed by atoms with Crippen LogP contribution >= 0.6 is 24.8 Å². The van der Waals surface area contributed by atoms with Gasteiger partial charge in [-0.1, -0.05) is 44.9 Å². The minimum Gasteiger partial charge on any atom is -0.494 e. The number of piperazine rings is 1. The third-order valence-electron chi connectivity index (χ3n) is 6.16. The lowest BCUT2D eigenvalue weighted by molar-refractivity contribution is 0.104. The lowest BCUT2D eigenvalue weighted by Gasteiger charge is -2.36. The number of para-hydroxylation sites is 1. The van der Waals surface area contributed by atoms with Crippen molar-refractivity contribution >= 4 is 30.5 Å². The molecule has 1 aliphatic heterocycles. The summed E-state index contributed by atoms with van der Waals surface area (Å²) in [7, 11) is 0. The monoisotopic (exact) mass is 541 g/mol. The Balaban J connectivity index is 0.00000324. The number of aliphatic hydroxyl groups excluding tert-OH is 1. The largest absolute Gasteiger partial charge is 0.494 e. The van der Waals surface area contributed by atoms with Crippen molar-refractivity contribution in [2.24, 2.45) is 0 Å². The molecule has 0 radical (unpaired) electrons. The van der Waals surface area contributed by atoms with Crippen LogP contribution in [0.3, 0.4) is 0 Å². The molecule has 204 valence electrons. The highest BCUT2D eigenvalue weighted by Gasteiger charge is 2.16. The van der Waals surface area contributed by atoms with Crippen molar-refractivity contribution in [2.75, 3.05) is 57.4 Å². The maximum atomic E-state index is 9.93. The van der Waals surface area contributed by atoms with Crippen molar-refractivity contribution in [2.45, 2.75) is 51.7 Å². The van der Waals surface area contributed by atoms with Crippen LogP contribution in [0.5, 0.6) is 11.5 Å². The van der Waals surface area contributed by atoms with E-state index in [4.69, 9.17) is 9.47 Å². The molecule has 0 bridgehead atoms. The zero-order chi connectivity index (χ0) is 24.0. The molecule has 0 unspecified atom stereocenters. The Kier molecular flexibility index (Phi) is 16.6. The molecule has 1 heterocycles. The van der Waals surface area contributed by atoms with E-state index in [1.807, 2.05) is 24.3 Å². The van der Waals surface area contributed by atoms with Crippen LogP contribution in [0.4, 0.5) is 5.69 Å². The molecule has 2 aromatic carbocycles. The SMILES string of the molecule is CC(C)NC[C@H](O)COc1ccc(OCCCCCCN2CCN(c3ccccc3)CC2)cc1.Cl.Cl. The van der Waals surface area contributed by atoms with Gasteiger partial charge < -0.3 is 24.8 Å². The van der Waals surface area contributed by atoms with Crippen molar-refractivity contribution in [3.63, 3.8) is 0 Å². The summed E-state index contributed by atoms with van der Waals surface area (Å²) in [5.41, 5.74) is 1.35. The second-order valence-corrected chi connectivity index (χ2v) is 9.43. The Labute approximate surface area is 230 Å². The maximum Gasteiger partial charge on any atom is 0.119 e. The van der Waals surface area contributed by atoms with E-state index < -0.39 is 6.10 Å². The normalized spacial score (nSPS) is 14.6. The molecule has 0 spiro atoms. The van der Waals surface area contributed by atoms with E-state index in [-0.39, 0.29) is 31.4 Å². The third-order valence-corrected chi connectivity index (χ3v) is 6.16. The molecule has 1 aliphatic rings. The maximum absolute atomic E-state index is 9.93. The van der Waals surface area contributed by atoms with Crippen molar-refractivity contribution in [3.05, 3.63) is 54.6 Å². The first-order chi connectivity index (χ1) is 16.6. The first kappa shape index (κ1) is 32.3. The van der Waals surface area contributed by atoms with Crippen LogP contribution in [0.2, 0.25) is 0 Å². The highest BCUT2D eigenvalue weighted by molar-refractivity contribution is 5.85. The fourth-order valence-corrected chi connectivity index (χ4v) is 4.10. The number of benzene rings is 2. The van der Waals surface area contributed by atoms with Crippen LogP contribution in [0.25, 0.3) is 0 Å². The Morgan fingerprint density at radius 3 is 2.06 bits per heavy atom. The second-order valence-electron chi connectivity index (χ2n) is 9.43. The number of unbranched alkanes of at least 4 members (excludes halogenated alkanes) is 3. The van der Waals surface area contributed by atoms with Crippen LogP contribution in [0.15, 0.2) is 54.6 Å². The standard InChI is InChI=1S/C28H43N3O3.2ClH/c1-24(2)29-22-26(32)23-34-28-14-12-27(13-15-28)33-21-9-4-3-8-16-30-17-19-31(20-18-30)25-10-6-5-7-11-25;;/h5-7,10-15,24,26,29,32H,3-4,8-9,16-23H2,1-2H3;2*1H/t26-;;/m0../s1. The van der Waals surface area contributed by atoms with Gasteiger partial charge in [-0.3, -0.25) is 4.90 Å². The predicted molar refractivity (Wildman–Crippen MR) is 155 cm³/mol. The molecule has 1 saturated heterocycles. The number of hydrogen-bond acceptors (Lipinski definition) is 6. The molecule has 2 N–H and O–H groups in total. The summed E-state index contributed by atoms with van der Waals surface area (Å²) in [6.45, 7) is 11.4. The quantitative estimate of drug-likeness (QED) is 0.308. The van der Waals surface area contributed by atoms with Gasteiger partial charge in [0.05, 0.1) is 6.61 Å². The van der Waals surface area contributed by atoms with E-state index in [2.05, 4.69) is 59.3 Å². The molecule has 36 heavy (non-hydrogen) atoms. The number of nitrogens with one attached hydrogen (secondary N) is 1. The summed E-state index contributed by atoms with van der Waals surface area (Å²) in [5.74, 6) is 1.62. The van der Waals surface area contributed by atoms with Crippen LogP contribution in [0.1, 0.15) is 39.5 Å². The van der Waals surface area contributed by atoms with E-state index in [9.17, 15) is 5.11 Å². The van der Waals surface area contributed by atoms with Gasteiger partial charge in [-0.2, -0.15) is 0 Å². The van der Waals surface area contributed by atoms with Gasteiger partial charge in [0.1, 0.15) is 24.2 Å². The van der Waals surface area contributed by atoms with Gasteiger partial charge in [-0.25, -0.2) is 0 Å². The summed E-state index contributed by atoms with van der Waals surface area (Å²) in [6, 6.07) is 18.8. The van der Waals surface area contributed by atoms with Crippen molar-refractivity contribution in [3.8, 4) is 11.5 Å². The van der Waals surface area contributed by atoms with E-state index in [1.165, 1.54) is 31.5 Å². The predicted octanol–water partition coefficient (Wildman–Crippen LogP) is 5.03. The molecule has 0 aliphatic carbocycles. The Morgan fingerprint density at radius 1 is 0.806 bits per heavy atom. The highest BCUT2D eigenvalue weighted by Crippen LogP contribution is 2.19. The zero-order valence-electron chi connectivity index (χ0n) is 21.8. The lowest BCUT2D eigenvalue weighted by atomic mass is 10.2.